The first-order valence-electron chi connectivity index (χ1n) is 5.39. The van der Waals surface area contributed by atoms with Crippen molar-refractivity contribution in [3.8, 4) is 0 Å². The highest BCUT2D eigenvalue weighted by atomic mass is 14.5. The molecule has 0 heterocycles. The quantitative estimate of drug-likeness (QED) is 0.725. The van der Waals surface area contributed by atoms with Gasteiger partial charge < -0.3 is 5.73 Å². The van der Waals surface area contributed by atoms with E-state index in [1.165, 1.54) is 11.1 Å². The van der Waals surface area contributed by atoms with E-state index in [1.54, 1.807) is 6.20 Å². The summed E-state index contributed by atoms with van der Waals surface area (Å²) in [5.74, 6) is 0. The molecule has 0 saturated heterocycles. The number of hydrogen-bond acceptors (Lipinski definition) is 1. The Hall–Kier alpha value is -1.50. The fraction of sp³-hybridized carbons (Fsp3) is 0.286. The van der Waals surface area contributed by atoms with Crippen LogP contribution < -0.4 is 5.73 Å². The van der Waals surface area contributed by atoms with E-state index in [2.05, 4.69) is 31.2 Å². The lowest BCUT2D eigenvalue weighted by Gasteiger charge is -2.01. The van der Waals surface area contributed by atoms with Crippen molar-refractivity contribution < 1.29 is 0 Å². The molecule has 0 radical (unpaired) electrons. The van der Waals surface area contributed by atoms with Gasteiger partial charge in [0.05, 0.1) is 0 Å². The topological polar surface area (TPSA) is 26.0 Å². The highest BCUT2D eigenvalue weighted by molar-refractivity contribution is 5.73. The predicted octanol–water partition coefficient (Wildman–Crippen LogP) is 3.90. The lowest BCUT2D eigenvalue weighted by Crippen LogP contribution is -1.83. The molecule has 0 aliphatic heterocycles. The Bertz CT molecular complexity index is 318. The van der Waals surface area contributed by atoms with Crippen LogP contribution in [0.5, 0.6) is 0 Å². The number of nitrogens with two attached hydrogens (primary N) is 1. The molecule has 0 bridgehead atoms. The van der Waals surface area contributed by atoms with Gasteiger partial charge >= 0.3 is 0 Å². The summed E-state index contributed by atoms with van der Waals surface area (Å²) in [5, 5.41) is 0. The Morgan fingerprint density at radius 2 is 1.67 bits per heavy atom. The molecular weight excluding hydrogens is 182 g/mol. The van der Waals surface area contributed by atoms with Crippen LogP contribution in [0.25, 0.3) is 5.57 Å². The largest absolute Gasteiger partial charge is 0.405 e. The van der Waals surface area contributed by atoms with Gasteiger partial charge in [0, 0.05) is 0 Å². The first kappa shape index (κ1) is 13.5. The lowest BCUT2D eigenvalue weighted by molar-refractivity contribution is 1.45. The molecule has 82 valence electrons. The van der Waals surface area contributed by atoms with Crippen LogP contribution in [-0.4, -0.2) is 0 Å². The van der Waals surface area contributed by atoms with Crippen LogP contribution in [0.3, 0.4) is 0 Å². The molecular formula is C14H21N. The highest BCUT2D eigenvalue weighted by Gasteiger charge is 1.94. The molecule has 2 N–H and O–H groups in total. The smallest absolute Gasteiger partial charge is 0.00563 e. The van der Waals surface area contributed by atoms with Crippen LogP contribution in [0.2, 0.25) is 0 Å². The van der Waals surface area contributed by atoms with Crippen LogP contribution in [0.1, 0.15) is 31.9 Å². The third kappa shape index (κ3) is 4.50. The maximum absolute atomic E-state index is 5.35. The van der Waals surface area contributed by atoms with Crippen LogP contribution in [0.4, 0.5) is 0 Å². The number of benzene rings is 1. The molecule has 0 fully saturated rings. The Labute approximate surface area is 93.3 Å². The lowest BCUT2D eigenvalue weighted by atomic mass is 10.0. The number of hydrogen-bond donors (Lipinski definition) is 1. The van der Waals surface area contributed by atoms with Gasteiger partial charge in [-0.25, -0.2) is 0 Å². The zero-order valence-corrected chi connectivity index (χ0v) is 10.1. The van der Waals surface area contributed by atoms with E-state index in [4.69, 9.17) is 5.73 Å². The van der Waals surface area contributed by atoms with Crippen molar-refractivity contribution in [3.05, 3.63) is 53.7 Å². The number of aryl methyl sites for hydroxylation is 1. The Balaban J connectivity index is 0.000000921. The fourth-order valence-corrected chi connectivity index (χ4v) is 1.21. The second-order valence-corrected chi connectivity index (χ2v) is 2.97. The SMILES string of the molecule is C/C=C(\C=C/N)c1ccc(C)cc1.CC. The van der Waals surface area contributed by atoms with Crippen LogP contribution in [0, 0.1) is 6.92 Å². The minimum Gasteiger partial charge on any atom is -0.405 e. The minimum absolute atomic E-state index is 1.16. The number of allylic oxidation sites excluding steroid dienone is 3. The molecule has 15 heavy (non-hydrogen) atoms. The predicted molar refractivity (Wildman–Crippen MR) is 69.5 cm³/mol. The molecule has 0 aromatic heterocycles. The Morgan fingerprint density at radius 3 is 2.07 bits per heavy atom. The fourth-order valence-electron chi connectivity index (χ4n) is 1.21. The van der Waals surface area contributed by atoms with Crippen LogP contribution in [0.15, 0.2) is 42.6 Å². The van der Waals surface area contributed by atoms with Crippen LogP contribution in [-0.2, 0) is 0 Å². The summed E-state index contributed by atoms with van der Waals surface area (Å²) in [6.45, 7) is 8.09. The van der Waals surface area contributed by atoms with Crippen molar-refractivity contribution in [1.29, 1.82) is 0 Å². The van der Waals surface area contributed by atoms with Gasteiger partial charge in [0.2, 0.25) is 0 Å². The molecule has 1 nitrogen and oxygen atoms in total. The molecule has 1 aromatic carbocycles. The first-order valence-corrected chi connectivity index (χ1v) is 5.39. The van der Waals surface area contributed by atoms with Crippen molar-refractivity contribution in [2.45, 2.75) is 27.7 Å². The summed E-state index contributed by atoms with van der Waals surface area (Å²) < 4.78 is 0. The minimum atomic E-state index is 1.16. The van der Waals surface area contributed by atoms with Gasteiger partial charge in [0.25, 0.3) is 0 Å². The summed E-state index contributed by atoms with van der Waals surface area (Å²) in [6, 6.07) is 8.40. The van der Waals surface area contributed by atoms with Crippen molar-refractivity contribution >= 4 is 5.57 Å². The van der Waals surface area contributed by atoms with E-state index in [1.807, 2.05) is 32.9 Å². The monoisotopic (exact) mass is 203 g/mol. The molecule has 0 aliphatic rings. The van der Waals surface area contributed by atoms with Crippen LogP contribution >= 0.6 is 0 Å². The van der Waals surface area contributed by atoms with E-state index < -0.39 is 0 Å². The van der Waals surface area contributed by atoms with Gasteiger partial charge in [-0.1, -0.05) is 49.8 Å². The zero-order chi connectivity index (χ0) is 11.7. The molecule has 1 heteroatoms. The zero-order valence-electron chi connectivity index (χ0n) is 10.1. The molecule has 0 saturated carbocycles. The van der Waals surface area contributed by atoms with Gasteiger partial charge in [-0.2, -0.15) is 0 Å². The maximum atomic E-state index is 5.35. The highest BCUT2D eigenvalue weighted by Crippen LogP contribution is 2.15. The summed E-state index contributed by atoms with van der Waals surface area (Å²) in [7, 11) is 0. The molecule has 0 unspecified atom stereocenters. The second kappa shape index (κ2) is 7.86. The average Bonchev–Trinajstić information content (AvgIpc) is 2.30. The van der Waals surface area contributed by atoms with E-state index in [-0.39, 0.29) is 0 Å². The maximum Gasteiger partial charge on any atom is -0.00563 e. The van der Waals surface area contributed by atoms with Crippen molar-refractivity contribution in [1.82, 2.24) is 0 Å². The Kier molecular flexibility index (Phi) is 7.08. The second-order valence-electron chi connectivity index (χ2n) is 2.97. The molecule has 0 aliphatic carbocycles. The van der Waals surface area contributed by atoms with E-state index in [0.717, 1.165) is 5.57 Å². The van der Waals surface area contributed by atoms with Gasteiger partial charge in [0.15, 0.2) is 0 Å². The molecule has 1 rings (SSSR count). The Morgan fingerprint density at radius 1 is 1.13 bits per heavy atom. The average molecular weight is 203 g/mol. The molecule has 0 atom stereocenters. The standard InChI is InChI=1S/C12H15N.C2H6/c1-3-11(8-9-13)12-6-4-10(2)5-7-12;1-2/h3-9H,13H2,1-2H3;1-2H3/b9-8-,11-3+;. The van der Waals surface area contributed by atoms with Gasteiger partial charge in [-0.05, 0) is 37.3 Å². The van der Waals surface area contributed by atoms with Crippen molar-refractivity contribution in [2.24, 2.45) is 5.73 Å². The molecule has 0 amide bonds. The van der Waals surface area contributed by atoms with Gasteiger partial charge in [-0.3, -0.25) is 0 Å². The van der Waals surface area contributed by atoms with E-state index >= 15 is 0 Å². The summed E-state index contributed by atoms with van der Waals surface area (Å²) in [5.41, 5.74) is 8.98. The van der Waals surface area contributed by atoms with Gasteiger partial charge in [0.1, 0.15) is 0 Å². The normalized spacial score (nSPS) is 11.1. The van der Waals surface area contributed by atoms with E-state index in [0.29, 0.717) is 0 Å². The van der Waals surface area contributed by atoms with Crippen molar-refractivity contribution in [3.63, 3.8) is 0 Å². The summed E-state index contributed by atoms with van der Waals surface area (Å²) in [6.07, 6.45) is 5.52. The van der Waals surface area contributed by atoms with Gasteiger partial charge in [-0.15, -0.1) is 0 Å². The molecule has 1 aromatic rings. The third-order valence-corrected chi connectivity index (χ3v) is 1.97. The first-order chi connectivity index (χ1) is 7.27. The molecule has 0 spiro atoms. The summed E-state index contributed by atoms with van der Waals surface area (Å²) in [4.78, 5) is 0. The van der Waals surface area contributed by atoms with E-state index in [9.17, 15) is 0 Å². The van der Waals surface area contributed by atoms with Crippen molar-refractivity contribution in [2.75, 3.05) is 0 Å². The number of rotatable bonds is 2. The third-order valence-electron chi connectivity index (χ3n) is 1.97. The summed E-state index contributed by atoms with van der Waals surface area (Å²) >= 11 is 0.